The summed E-state index contributed by atoms with van der Waals surface area (Å²) in [6.07, 6.45) is 3.90. The van der Waals surface area contributed by atoms with Crippen LogP contribution in [-0.4, -0.2) is 25.4 Å². The van der Waals surface area contributed by atoms with Gasteiger partial charge >= 0.3 is 0 Å². The molecule has 0 aliphatic carbocycles. The van der Waals surface area contributed by atoms with Crippen LogP contribution >= 0.6 is 11.3 Å². The number of halogens is 1. The number of nitrogens with zero attached hydrogens (tertiary/aromatic N) is 2. The summed E-state index contributed by atoms with van der Waals surface area (Å²) in [5.41, 5.74) is 0.0583. The molecule has 0 radical (unpaired) electrons. The van der Waals surface area contributed by atoms with Crippen LogP contribution in [0.15, 0.2) is 58.0 Å². The molecular weight excluding hydrogens is 349 g/mol. The fourth-order valence-electron chi connectivity index (χ4n) is 2.15. The highest BCUT2D eigenvalue weighted by atomic mass is 32.2. The summed E-state index contributed by atoms with van der Waals surface area (Å²) in [4.78, 5) is 7.45. The molecule has 0 saturated heterocycles. The lowest BCUT2D eigenvalue weighted by Gasteiger charge is -2.06. The Kier molecular flexibility index (Phi) is 4.00. The van der Waals surface area contributed by atoms with Gasteiger partial charge in [0.05, 0.1) is 4.90 Å². The van der Waals surface area contributed by atoms with E-state index in [2.05, 4.69) is 15.3 Å². The van der Waals surface area contributed by atoms with Gasteiger partial charge in [0.15, 0.2) is 0 Å². The van der Waals surface area contributed by atoms with Crippen LogP contribution in [0, 0.1) is 5.95 Å². The summed E-state index contributed by atoms with van der Waals surface area (Å²) in [5, 5.41) is 2.48. The van der Waals surface area contributed by atoms with Crippen molar-refractivity contribution in [1.82, 2.24) is 15.3 Å². The Hall–Kier alpha value is -2.16. The zero-order valence-electron chi connectivity index (χ0n) is 14.5. The summed E-state index contributed by atoms with van der Waals surface area (Å²) in [7, 11) is -2.60. The summed E-state index contributed by atoms with van der Waals surface area (Å²) in [5.74, 6) is -0.829. The van der Waals surface area contributed by atoms with Crippen LogP contribution in [0.4, 0.5) is 4.39 Å². The largest absolute Gasteiger partial charge is 0.315 e. The Morgan fingerprint density at radius 1 is 1.29 bits per heavy atom. The average Bonchev–Trinajstić information content (AvgIpc) is 3.10. The molecule has 8 heteroatoms. The molecule has 3 aromatic heterocycles. The van der Waals surface area contributed by atoms with Crippen molar-refractivity contribution in [2.75, 3.05) is 7.05 Å². The molecule has 0 atom stereocenters. The molecule has 5 nitrogen and oxygen atoms in total. The first kappa shape index (κ1) is 14.2. The second kappa shape index (κ2) is 6.76. The normalized spacial score (nSPS) is 13.4. The van der Waals surface area contributed by atoms with Crippen molar-refractivity contribution in [3.63, 3.8) is 0 Å². The fourth-order valence-corrected chi connectivity index (χ4v) is 5.08. The molecule has 0 fully saturated rings. The van der Waals surface area contributed by atoms with E-state index in [4.69, 9.17) is 2.74 Å². The van der Waals surface area contributed by atoms with Crippen LogP contribution in [-0.2, 0) is 16.3 Å². The smallest absolute Gasteiger partial charge is 0.220 e. The van der Waals surface area contributed by atoms with Gasteiger partial charge in [-0.1, -0.05) is 0 Å². The molecule has 3 heterocycles. The van der Waals surface area contributed by atoms with Crippen molar-refractivity contribution >= 4 is 21.2 Å². The Balaban J connectivity index is 2.29. The molecule has 3 aromatic rings. The van der Waals surface area contributed by atoms with Crippen LogP contribution in [0.25, 0.3) is 11.1 Å². The lowest BCUT2D eigenvalue weighted by molar-refractivity contribution is 0.587. The highest BCUT2D eigenvalue weighted by Gasteiger charge is 2.27. The van der Waals surface area contributed by atoms with Crippen molar-refractivity contribution in [1.29, 1.82) is 0 Å². The van der Waals surface area contributed by atoms with Crippen LogP contribution in [0.3, 0.4) is 0 Å². The quantitative estimate of drug-likeness (QED) is 0.704. The first-order valence-corrected chi connectivity index (χ1v) is 9.16. The lowest BCUT2D eigenvalue weighted by atomic mass is 10.1. The van der Waals surface area contributed by atoms with Gasteiger partial charge in [0.1, 0.15) is 4.21 Å². The van der Waals surface area contributed by atoms with E-state index >= 15 is 0 Å². The predicted octanol–water partition coefficient (Wildman–Crippen LogP) is 2.90. The van der Waals surface area contributed by atoms with Crippen LogP contribution < -0.4 is 5.32 Å². The number of thiophene rings is 1. The van der Waals surface area contributed by atoms with Crippen LogP contribution in [0.5, 0.6) is 0 Å². The molecule has 0 spiro atoms. The third-order valence-corrected chi connectivity index (χ3v) is 6.51. The number of nitrogens with one attached hydrogen (secondary N) is 1. The van der Waals surface area contributed by atoms with E-state index in [-0.39, 0.29) is 25.1 Å². The SMILES string of the molecule is [2H]C([2H])(NC)c1cc(-c2cccnc2F)c(S(=O)(=O)c2cccnc2)s1. The molecule has 0 unspecified atom stereocenters. The molecule has 0 saturated carbocycles. The zero-order valence-corrected chi connectivity index (χ0v) is 14.2. The Bertz CT molecular complexity index is 1040. The van der Waals surface area contributed by atoms with E-state index in [0.717, 1.165) is 11.3 Å². The zero-order chi connectivity index (χ0) is 18.9. The minimum Gasteiger partial charge on any atom is -0.315 e. The van der Waals surface area contributed by atoms with E-state index in [0.29, 0.717) is 0 Å². The van der Waals surface area contributed by atoms with Crippen molar-refractivity contribution in [2.24, 2.45) is 0 Å². The lowest BCUT2D eigenvalue weighted by Crippen LogP contribution is -2.03. The van der Waals surface area contributed by atoms with Gasteiger partial charge in [0, 0.05) is 43.8 Å². The number of hydrogen-bond acceptors (Lipinski definition) is 6. The van der Waals surface area contributed by atoms with Gasteiger partial charge in [-0.15, -0.1) is 11.3 Å². The van der Waals surface area contributed by atoms with E-state index in [1.54, 1.807) is 0 Å². The average molecular weight is 365 g/mol. The van der Waals surface area contributed by atoms with Crippen LogP contribution in [0.1, 0.15) is 7.62 Å². The number of rotatable bonds is 5. The van der Waals surface area contributed by atoms with Gasteiger partial charge < -0.3 is 5.32 Å². The molecule has 3 rings (SSSR count). The highest BCUT2D eigenvalue weighted by molar-refractivity contribution is 7.93. The topological polar surface area (TPSA) is 72.0 Å². The molecule has 24 heavy (non-hydrogen) atoms. The molecule has 0 bridgehead atoms. The van der Waals surface area contributed by atoms with E-state index < -0.39 is 22.3 Å². The van der Waals surface area contributed by atoms with Gasteiger partial charge in [-0.2, -0.15) is 4.39 Å². The molecule has 0 amide bonds. The van der Waals surface area contributed by atoms with Gasteiger partial charge in [0.2, 0.25) is 15.8 Å². The Morgan fingerprint density at radius 3 is 2.75 bits per heavy atom. The molecule has 124 valence electrons. The maximum atomic E-state index is 14.2. The van der Waals surface area contributed by atoms with Crippen molar-refractivity contribution in [3.05, 3.63) is 59.7 Å². The van der Waals surface area contributed by atoms with E-state index in [1.165, 1.54) is 56.0 Å². The number of aromatic nitrogens is 2. The second-order valence-electron chi connectivity index (χ2n) is 4.72. The monoisotopic (exact) mass is 365 g/mol. The van der Waals surface area contributed by atoms with Gasteiger partial charge in [-0.3, -0.25) is 4.98 Å². The standard InChI is InChI=1S/C16H14FN3O2S2/c1-18-9-11-8-14(13-5-3-7-20-15(13)17)16(23-11)24(21,22)12-4-2-6-19-10-12/h2-8,10,18H,9H2,1H3/i9D2. The van der Waals surface area contributed by atoms with Crippen molar-refractivity contribution in [2.45, 2.75) is 15.6 Å². The summed E-state index contributed by atoms with van der Waals surface area (Å²) in [6, 6.07) is 7.11. The third kappa shape index (κ3) is 3.08. The van der Waals surface area contributed by atoms with Crippen LogP contribution in [0.2, 0.25) is 0 Å². The van der Waals surface area contributed by atoms with E-state index in [1.807, 2.05) is 0 Å². The van der Waals surface area contributed by atoms with Crippen molar-refractivity contribution < 1.29 is 15.5 Å². The Labute approximate surface area is 146 Å². The first-order valence-electron chi connectivity index (χ1n) is 7.86. The van der Waals surface area contributed by atoms with Crippen molar-refractivity contribution in [3.8, 4) is 11.1 Å². The highest BCUT2D eigenvalue weighted by Crippen LogP contribution is 2.38. The molecular formula is C16H14FN3O2S2. The number of hydrogen-bond donors (Lipinski definition) is 1. The molecule has 1 N–H and O–H groups in total. The molecule has 0 aliphatic rings. The van der Waals surface area contributed by atoms with Gasteiger partial charge in [-0.05, 0) is 37.4 Å². The van der Waals surface area contributed by atoms with E-state index in [9.17, 15) is 12.8 Å². The summed E-state index contributed by atoms with van der Waals surface area (Å²) in [6.45, 7) is -1.97. The summed E-state index contributed by atoms with van der Waals surface area (Å²) < 4.78 is 56.2. The number of pyridine rings is 2. The van der Waals surface area contributed by atoms with Gasteiger partial charge in [0.25, 0.3) is 0 Å². The maximum absolute atomic E-state index is 14.2. The summed E-state index contributed by atoms with van der Waals surface area (Å²) >= 11 is 0.749. The third-order valence-electron chi connectivity index (χ3n) is 3.18. The maximum Gasteiger partial charge on any atom is 0.220 e. The predicted molar refractivity (Wildman–Crippen MR) is 90.0 cm³/mol. The number of sulfone groups is 1. The Morgan fingerprint density at radius 2 is 2.08 bits per heavy atom. The minimum atomic E-state index is -4.02. The molecule has 0 aliphatic heterocycles. The fraction of sp³-hybridized carbons (Fsp3) is 0.125. The first-order chi connectivity index (χ1) is 12.3. The van der Waals surface area contributed by atoms with Gasteiger partial charge in [-0.25, -0.2) is 13.4 Å². The molecule has 0 aromatic carbocycles. The second-order valence-corrected chi connectivity index (χ2v) is 7.92. The minimum absolute atomic E-state index is 0.00984.